The monoisotopic (exact) mass is 268 g/mol. The number of nitrogens with one attached hydrogen (secondary N) is 1. The highest BCUT2D eigenvalue weighted by Gasteiger charge is 2.27. The normalized spacial score (nSPS) is 24.5. The van der Waals surface area contributed by atoms with Gasteiger partial charge in [0.15, 0.2) is 0 Å². The molecule has 114 valence electrons. The average molecular weight is 268 g/mol. The van der Waals surface area contributed by atoms with E-state index in [-0.39, 0.29) is 0 Å². The molecule has 19 heavy (non-hydrogen) atoms. The van der Waals surface area contributed by atoms with E-state index >= 15 is 0 Å². The van der Waals surface area contributed by atoms with Gasteiger partial charge in [0.1, 0.15) is 0 Å². The molecule has 0 radical (unpaired) electrons. The topological polar surface area (TPSA) is 15.3 Å². The zero-order chi connectivity index (χ0) is 14.5. The molecule has 0 aromatic carbocycles. The van der Waals surface area contributed by atoms with Crippen molar-refractivity contribution in [1.29, 1.82) is 0 Å². The van der Waals surface area contributed by atoms with Crippen molar-refractivity contribution in [2.24, 2.45) is 17.3 Å². The Hall–Kier alpha value is -0.0800. The van der Waals surface area contributed by atoms with Crippen LogP contribution in [-0.4, -0.2) is 37.1 Å². The molecule has 2 nitrogen and oxygen atoms in total. The second-order valence-electron chi connectivity index (χ2n) is 7.70. The largest absolute Gasteiger partial charge is 0.313 e. The summed E-state index contributed by atoms with van der Waals surface area (Å²) >= 11 is 0. The van der Waals surface area contributed by atoms with Gasteiger partial charge >= 0.3 is 0 Å². The second-order valence-corrected chi connectivity index (χ2v) is 7.70. The third-order valence-electron chi connectivity index (χ3n) is 4.77. The maximum atomic E-state index is 3.65. The molecule has 0 saturated carbocycles. The van der Waals surface area contributed by atoms with E-state index in [1.807, 2.05) is 0 Å². The fourth-order valence-corrected chi connectivity index (χ4v) is 3.26. The molecule has 1 heterocycles. The lowest BCUT2D eigenvalue weighted by molar-refractivity contribution is 0.196. The van der Waals surface area contributed by atoms with Crippen molar-refractivity contribution in [3.63, 3.8) is 0 Å². The lowest BCUT2D eigenvalue weighted by Crippen LogP contribution is -2.44. The van der Waals surface area contributed by atoms with E-state index in [4.69, 9.17) is 0 Å². The number of likely N-dealkylation sites (N-methyl/N-ethyl adjacent to an activating group) is 1. The van der Waals surface area contributed by atoms with E-state index in [2.05, 4.69) is 51.8 Å². The third-order valence-corrected chi connectivity index (χ3v) is 4.77. The van der Waals surface area contributed by atoms with Crippen LogP contribution in [-0.2, 0) is 0 Å². The molecular weight excluding hydrogens is 232 g/mol. The molecule has 0 spiro atoms. The predicted octanol–water partition coefficient (Wildman–Crippen LogP) is 3.77. The number of rotatable bonds is 5. The van der Waals surface area contributed by atoms with Crippen LogP contribution in [0, 0.1) is 17.3 Å². The molecule has 2 heteroatoms. The van der Waals surface area contributed by atoms with Gasteiger partial charge in [0, 0.05) is 12.6 Å². The van der Waals surface area contributed by atoms with Gasteiger partial charge in [0.05, 0.1) is 0 Å². The lowest BCUT2D eigenvalue weighted by atomic mass is 9.77. The zero-order valence-corrected chi connectivity index (χ0v) is 14.1. The maximum absolute atomic E-state index is 3.65. The maximum Gasteiger partial charge on any atom is 0.0217 e. The smallest absolute Gasteiger partial charge is 0.0217 e. The first-order chi connectivity index (χ1) is 8.84. The van der Waals surface area contributed by atoms with Gasteiger partial charge in [-0.05, 0) is 56.1 Å². The van der Waals surface area contributed by atoms with Crippen LogP contribution in [0.1, 0.15) is 60.8 Å². The van der Waals surface area contributed by atoms with Crippen molar-refractivity contribution < 1.29 is 0 Å². The zero-order valence-electron chi connectivity index (χ0n) is 14.1. The Morgan fingerprint density at radius 2 is 1.84 bits per heavy atom. The highest BCUT2D eigenvalue weighted by molar-refractivity contribution is 4.81. The summed E-state index contributed by atoms with van der Waals surface area (Å²) in [5.74, 6) is 1.62. The first kappa shape index (κ1) is 17.0. The Morgan fingerprint density at radius 3 is 2.37 bits per heavy atom. The summed E-state index contributed by atoms with van der Waals surface area (Å²) in [6, 6.07) is 0.649. The van der Waals surface area contributed by atoms with Crippen molar-refractivity contribution in [3.05, 3.63) is 0 Å². The molecule has 0 aromatic heterocycles. The van der Waals surface area contributed by atoms with Crippen LogP contribution in [0.3, 0.4) is 0 Å². The van der Waals surface area contributed by atoms with Crippen LogP contribution in [0.15, 0.2) is 0 Å². The van der Waals surface area contributed by atoms with Gasteiger partial charge in [-0.15, -0.1) is 0 Å². The standard InChI is InChI=1S/C17H36N2/c1-7-18-16(14(2)3)13-19-11-8-9-15(10-12-19)17(4,5)6/h14-16,18H,7-13H2,1-6H3. The first-order valence-electron chi connectivity index (χ1n) is 8.30. The highest BCUT2D eigenvalue weighted by Crippen LogP contribution is 2.34. The molecule has 1 saturated heterocycles. The van der Waals surface area contributed by atoms with E-state index in [0.717, 1.165) is 18.4 Å². The molecule has 2 atom stereocenters. The van der Waals surface area contributed by atoms with Crippen LogP contribution in [0.4, 0.5) is 0 Å². The van der Waals surface area contributed by atoms with Gasteiger partial charge in [-0.1, -0.05) is 41.5 Å². The molecule has 1 fully saturated rings. The summed E-state index contributed by atoms with van der Waals surface area (Å²) in [6.07, 6.45) is 4.16. The summed E-state index contributed by atoms with van der Waals surface area (Å²) in [4.78, 5) is 2.69. The van der Waals surface area contributed by atoms with Crippen molar-refractivity contribution in [2.45, 2.75) is 66.8 Å². The van der Waals surface area contributed by atoms with Crippen LogP contribution in [0.25, 0.3) is 0 Å². The van der Waals surface area contributed by atoms with Crippen LogP contribution >= 0.6 is 0 Å². The molecule has 1 rings (SSSR count). The van der Waals surface area contributed by atoms with Gasteiger partial charge in [0.2, 0.25) is 0 Å². The molecule has 1 N–H and O–H groups in total. The van der Waals surface area contributed by atoms with Crippen LogP contribution in [0.2, 0.25) is 0 Å². The number of hydrogen-bond acceptors (Lipinski definition) is 2. The quantitative estimate of drug-likeness (QED) is 0.816. The lowest BCUT2D eigenvalue weighted by Gasteiger charge is -2.31. The molecule has 0 bridgehead atoms. The van der Waals surface area contributed by atoms with Crippen molar-refractivity contribution in [2.75, 3.05) is 26.2 Å². The molecule has 1 aliphatic rings. The number of nitrogens with zero attached hydrogens (tertiary/aromatic N) is 1. The van der Waals surface area contributed by atoms with Gasteiger partial charge in [0.25, 0.3) is 0 Å². The van der Waals surface area contributed by atoms with E-state index < -0.39 is 0 Å². The van der Waals surface area contributed by atoms with Gasteiger partial charge in [-0.3, -0.25) is 0 Å². The Morgan fingerprint density at radius 1 is 1.16 bits per heavy atom. The summed E-state index contributed by atoms with van der Waals surface area (Å²) < 4.78 is 0. The molecule has 1 aliphatic heterocycles. The fourth-order valence-electron chi connectivity index (χ4n) is 3.26. The second kappa shape index (κ2) is 7.64. The molecule has 0 aromatic rings. The third kappa shape index (κ3) is 5.83. The van der Waals surface area contributed by atoms with Crippen molar-refractivity contribution in [1.82, 2.24) is 10.2 Å². The van der Waals surface area contributed by atoms with E-state index in [1.54, 1.807) is 0 Å². The van der Waals surface area contributed by atoms with E-state index in [0.29, 0.717) is 11.5 Å². The van der Waals surface area contributed by atoms with Crippen molar-refractivity contribution >= 4 is 0 Å². The van der Waals surface area contributed by atoms with Crippen LogP contribution < -0.4 is 5.32 Å². The van der Waals surface area contributed by atoms with Crippen LogP contribution in [0.5, 0.6) is 0 Å². The summed E-state index contributed by atoms with van der Waals surface area (Å²) in [5.41, 5.74) is 0.481. The summed E-state index contributed by atoms with van der Waals surface area (Å²) in [7, 11) is 0. The molecular formula is C17H36N2. The van der Waals surface area contributed by atoms with Gasteiger partial charge in [-0.2, -0.15) is 0 Å². The highest BCUT2D eigenvalue weighted by atomic mass is 15.1. The summed E-state index contributed by atoms with van der Waals surface area (Å²) in [6.45, 7) is 19.0. The Kier molecular flexibility index (Phi) is 6.82. The minimum absolute atomic E-state index is 0.481. The molecule has 0 aliphatic carbocycles. The Balaban J connectivity index is 2.48. The predicted molar refractivity (Wildman–Crippen MR) is 85.5 cm³/mol. The van der Waals surface area contributed by atoms with Gasteiger partial charge < -0.3 is 10.2 Å². The summed E-state index contributed by atoms with van der Waals surface area (Å²) in [5, 5.41) is 3.65. The Bertz CT molecular complexity index is 242. The number of likely N-dealkylation sites (tertiary alicyclic amines) is 1. The van der Waals surface area contributed by atoms with E-state index in [9.17, 15) is 0 Å². The fraction of sp³-hybridized carbons (Fsp3) is 1.00. The SMILES string of the molecule is CCNC(CN1CCCC(C(C)(C)C)CC1)C(C)C. The Labute approximate surface area is 121 Å². The minimum atomic E-state index is 0.481. The minimum Gasteiger partial charge on any atom is -0.313 e. The molecule has 2 unspecified atom stereocenters. The van der Waals surface area contributed by atoms with E-state index in [1.165, 1.54) is 38.9 Å². The molecule has 0 amide bonds. The van der Waals surface area contributed by atoms with Crippen molar-refractivity contribution in [3.8, 4) is 0 Å². The van der Waals surface area contributed by atoms with Gasteiger partial charge in [-0.25, -0.2) is 0 Å². The first-order valence-corrected chi connectivity index (χ1v) is 8.30. The average Bonchev–Trinajstić information content (AvgIpc) is 2.53. The number of hydrogen-bond donors (Lipinski definition) is 1.